The normalized spacial score (nSPS) is 11.3. The molecule has 0 aliphatic carbocycles. The molecule has 3 aromatic heterocycles. The van der Waals surface area contributed by atoms with E-state index in [-0.39, 0.29) is 0 Å². The van der Waals surface area contributed by atoms with Crippen molar-refractivity contribution in [2.24, 2.45) is 0 Å². The number of nitrogens with one attached hydrogen (secondary N) is 1. The second-order valence-corrected chi connectivity index (χ2v) is 4.04. The SMILES string of the molecule is c1ccc2c(c1)[nH]c1c(-c3conn3)nccc12. The van der Waals surface area contributed by atoms with Gasteiger partial charge in [-0.3, -0.25) is 4.98 Å². The smallest absolute Gasteiger partial charge is 0.155 e. The summed E-state index contributed by atoms with van der Waals surface area (Å²) >= 11 is 0. The topological polar surface area (TPSA) is 67.6 Å². The lowest BCUT2D eigenvalue weighted by Crippen LogP contribution is -1.85. The fourth-order valence-electron chi connectivity index (χ4n) is 2.24. The molecule has 1 N–H and O–H groups in total. The number of para-hydroxylation sites is 1. The molecule has 0 aliphatic heterocycles. The zero-order chi connectivity index (χ0) is 11.9. The predicted octanol–water partition coefficient (Wildman–Crippen LogP) is 2.77. The number of aromatic amines is 1. The van der Waals surface area contributed by atoms with Crippen molar-refractivity contribution in [3.63, 3.8) is 0 Å². The Balaban J connectivity index is 2.17. The van der Waals surface area contributed by atoms with Gasteiger partial charge in [0.2, 0.25) is 0 Å². The van der Waals surface area contributed by atoms with Gasteiger partial charge in [-0.25, -0.2) is 0 Å². The van der Waals surface area contributed by atoms with Crippen LogP contribution in [0, 0.1) is 0 Å². The van der Waals surface area contributed by atoms with Crippen LogP contribution in [-0.2, 0) is 0 Å². The summed E-state index contributed by atoms with van der Waals surface area (Å²) in [5.74, 6) is 0. The number of hydrogen-bond acceptors (Lipinski definition) is 4. The molecule has 0 atom stereocenters. The van der Waals surface area contributed by atoms with Gasteiger partial charge in [-0.05, 0) is 12.1 Å². The highest BCUT2D eigenvalue weighted by molar-refractivity contribution is 6.10. The zero-order valence-electron chi connectivity index (χ0n) is 9.29. The summed E-state index contributed by atoms with van der Waals surface area (Å²) in [6.07, 6.45) is 3.26. The van der Waals surface area contributed by atoms with Gasteiger partial charge in [-0.15, -0.1) is 5.10 Å². The number of benzene rings is 1. The van der Waals surface area contributed by atoms with Crippen LogP contribution < -0.4 is 0 Å². The second-order valence-electron chi connectivity index (χ2n) is 4.04. The van der Waals surface area contributed by atoms with Gasteiger partial charge < -0.3 is 9.51 Å². The Labute approximate surface area is 101 Å². The van der Waals surface area contributed by atoms with Crippen molar-refractivity contribution in [3.05, 3.63) is 42.8 Å². The summed E-state index contributed by atoms with van der Waals surface area (Å²) < 4.78 is 4.78. The lowest BCUT2D eigenvalue weighted by Gasteiger charge is -1.96. The summed E-state index contributed by atoms with van der Waals surface area (Å²) in [5, 5.41) is 9.69. The zero-order valence-corrected chi connectivity index (χ0v) is 9.29. The van der Waals surface area contributed by atoms with Crippen LogP contribution in [0.4, 0.5) is 0 Å². The minimum absolute atomic E-state index is 0.632. The Morgan fingerprint density at radius 1 is 1.06 bits per heavy atom. The molecule has 5 nitrogen and oxygen atoms in total. The summed E-state index contributed by atoms with van der Waals surface area (Å²) in [7, 11) is 0. The average molecular weight is 236 g/mol. The Bertz CT molecular complexity index is 833. The maximum atomic E-state index is 4.78. The molecule has 3 heterocycles. The van der Waals surface area contributed by atoms with Gasteiger partial charge in [-0.2, -0.15) is 0 Å². The van der Waals surface area contributed by atoms with E-state index in [0.29, 0.717) is 5.69 Å². The number of rotatable bonds is 1. The standard InChI is InChI=1S/C13H8N4O/c1-2-4-10-8(3-1)9-5-6-14-13(12(9)15-10)11-7-18-17-16-11/h1-7,15H. The Hall–Kier alpha value is -2.69. The first-order chi connectivity index (χ1) is 8.93. The number of nitrogens with zero attached hydrogens (tertiary/aromatic N) is 3. The number of pyridine rings is 1. The maximum absolute atomic E-state index is 4.78. The molecule has 0 amide bonds. The lowest BCUT2D eigenvalue weighted by molar-refractivity contribution is 0.393. The molecule has 1 aromatic carbocycles. The summed E-state index contributed by atoms with van der Waals surface area (Å²) in [4.78, 5) is 7.71. The first kappa shape index (κ1) is 9.35. The Kier molecular flexibility index (Phi) is 1.77. The van der Waals surface area contributed by atoms with Crippen molar-refractivity contribution < 1.29 is 4.52 Å². The molecule has 0 saturated heterocycles. The monoisotopic (exact) mass is 236 g/mol. The number of fused-ring (bicyclic) bond motifs is 3. The highest BCUT2D eigenvalue weighted by atomic mass is 16.5. The van der Waals surface area contributed by atoms with E-state index >= 15 is 0 Å². The van der Waals surface area contributed by atoms with Gasteiger partial charge in [0, 0.05) is 27.8 Å². The van der Waals surface area contributed by atoms with Crippen LogP contribution in [0.1, 0.15) is 0 Å². The van der Waals surface area contributed by atoms with Crippen molar-refractivity contribution >= 4 is 21.8 Å². The molecule has 0 bridgehead atoms. The van der Waals surface area contributed by atoms with Crippen molar-refractivity contribution in [1.82, 2.24) is 20.3 Å². The molecule has 0 spiro atoms. The third-order valence-corrected chi connectivity index (χ3v) is 3.03. The van der Waals surface area contributed by atoms with E-state index in [1.807, 2.05) is 24.3 Å². The summed E-state index contributed by atoms with van der Waals surface area (Å²) in [6, 6.07) is 10.1. The van der Waals surface area contributed by atoms with Gasteiger partial charge in [0.05, 0.1) is 5.52 Å². The first-order valence-corrected chi connectivity index (χ1v) is 5.56. The van der Waals surface area contributed by atoms with E-state index in [9.17, 15) is 0 Å². The van der Waals surface area contributed by atoms with E-state index in [4.69, 9.17) is 4.52 Å². The van der Waals surface area contributed by atoms with Gasteiger partial charge in [0.15, 0.2) is 12.0 Å². The Morgan fingerprint density at radius 2 is 2.00 bits per heavy atom. The van der Waals surface area contributed by atoms with E-state index in [1.54, 1.807) is 6.20 Å². The highest BCUT2D eigenvalue weighted by Crippen LogP contribution is 2.30. The molecule has 86 valence electrons. The second kappa shape index (κ2) is 3.40. The Morgan fingerprint density at radius 3 is 2.89 bits per heavy atom. The third-order valence-electron chi connectivity index (χ3n) is 3.03. The van der Waals surface area contributed by atoms with Crippen molar-refractivity contribution in [2.45, 2.75) is 0 Å². The minimum atomic E-state index is 0.632. The molecule has 4 rings (SSSR count). The summed E-state index contributed by atoms with van der Waals surface area (Å²) in [5.41, 5.74) is 3.42. The number of H-pyrrole nitrogens is 1. The molecular weight excluding hydrogens is 228 g/mol. The lowest BCUT2D eigenvalue weighted by atomic mass is 10.1. The van der Waals surface area contributed by atoms with Gasteiger partial charge >= 0.3 is 0 Å². The molecule has 0 radical (unpaired) electrons. The molecule has 0 unspecified atom stereocenters. The molecule has 18 heavy (non-hydrogen) atoms. The van der Waals surface area contributed by atoms with Crippen molar-refractivity contribution in [1.29, 1.82) is 0 Å². The molecule has 4 aromatic rings. The minimum Gasteiger partial charge on any atom is -0.353 e. The molecule has 5 heteroatoms. The predicted molar refractivity (Wildman–Crippen MR) is 66.9 cm³/mol. The summed E-state index contributed by atoms with van der Waals surface area (Å²) in [6.45, 7) is 0. The van der Waals surface area contributed by atoms with Crippen LogP contribution >= 0.6 is 0 Å². The maximum Gasteiger partial charge on any atom is 0.155 e. The molecular formula is C13H8N4O. The number of aromatic nitrogens is 4. The fourth-order valence-corrected chi connectivity index (χ4v) is 2.24. The number of hydrogen-bond donors (Lipinski definition) is 1. The van der Waals surface area contributed by atoms with E-state index < -0.39 is 0 Å². The van der Waals surface area contributed by atoms with Crippen LogP contribution in [0.2, 0.25) is 0 Å². The van der Waals surface area contributed by atoms with Crippen LogP contribution in [0.15, 0.2) is 47.3 Å². The highest BCUT2D eigenvalue weighted by Gasteiger charge is 2.12. The van der Waals surface area contributed by atoms with Crippen LogP contribution in [0.25, 0.3) is 33.2 Å². The van der Waals surface area contributed by atoms with Crippen LogP contribution in [-0.4, -0.2) is 20.3 Å². The van der Waals surface area contributed by atoms with Crippen molar-refractivity contribution in [2.75, 3.05) is 0 Å². The van der Waals surface area contributed by atoms with Gasteiger partial charge in [-0.1, -0.05) is 18.2 Å². The van der Waals surface area contributed by atoms with Crippen LogP contribution in [0.3, 0.4) is 0 Å². The first-order valence-electron chi connectivity index (χ1n) is 5.56. The third kappa shape index (κ3) is 1.18. The van der Waals surface area contributed by atoms with Gasteiger partial charge in [0.1, 0.15) is 5.69 Å². The van der Waals surface area contributed by atoms with Gasteiger partial charge in [0.25, 0.3) is 0 Å². The van der Waals surface area contributed by atoms with Crippen molar-refractivity contribution in [3.8, 4) is 11.4 Å². The van der Waals surface area contributed by atoms with E-state index in [1.165, 1.54) is 11.6 Å². The average Bonchev–Trinajstić information content (AvgIpc) is 3.05. The molecule has 0 saturated carbocycles. The van der Waals surface area contributed by atoms with E-state index in [2.05, 4.69) is 26.4 Å². The largest absolute Gasteiger partial charge is 0.353 e. The molecule has 0 aliphatic rings. The van der Waals surface area contributed by atoms with E-state index in [0.717, 1.165) is 22.1 Å². The van der Waals surface area contributed by atoms with Crippen LogP contribution in [0.5, 0.6) is 0 Å². The fraction of sp³-hybridized carbons (Fsp3) is 0. The molecule has 0 fully saturated rings. The quantitative estimate of drug-likeness (QED) is 0.551.